The molecule has 3 N–H and O–H groups in total. The number of para-hydroxylation sites is 1. The molecule has 2 aliphatic carbocycles. The van der Waals surface area contributed by atoms with E-state index in [2.05, 4.69) is 32.7 Å². The zero-order valence-corrected chi connectivity index (χ0v) is 30.2. The summed E-state index contributed by atoms with van der Waals surface area (Å²) in [5.74, 6) is -2.72. The molecule has 0 bridgehead atoms. The topological polar surface area (TPSA) is 110 Å². The third-order valence-electron chi connectivity index (χ3n) is 9.97. The summed E-state index contributed by atoms with van der Waals surface area (Å²) in [5.41, 5.74) is -1.76. The molecule has 0 spiro atoms. The summed E-state index contributed by atoms with van der Waals surface area (Å²) in [7, 11) is 1.59. The Hall–Kier alpha value is -5.50. The fourth-order valence-corrected chi connectivity index (χ4v) is 7.61. The number of carbonyl (C=O) groups is 1. The minimum Gasteiger partial charge on any atom is -0.378 e. The second-order valence-corrected chi connectivity index (χ2v) is 14.5. The molecule has 3 aromatic heterocycles. The third-order valence-corrected chi connectivity index (χ3v) is 9.97. The van der Waals surface area contributed by atoms with Crippen LogP contribution < -0.4 is 10.6 Å². The Morgan fingerprint density at radius 1 is 1.02 bits per heavy atom. The first-order valence-corrected chi connectivity index (χ1v) is 17.7. The van der Waals surface area contributed by atoms with Crippen LogP contribution in [0, 0.1) is 29.4 Å². The van der Waals surface area contributed by atoms with Gasteiger partial charge in [0.05, 0.1) is 23.8 Å². The van der Waals surface area contributed by atoms with E-state index in [1.54, 1.807) is 31.3 Å². The van der Waals surface area contributed by atoms with Gasteiger partial charge in [-0.2, -0.15) is 19.0 Å². The number of nitrogens with zero attached hydrogens (tertiary/aromatic N) is 5. The molecule has 0 aliphatic heterocycles. The summed E-state index contributed by atoms with van der Waals surface area (Å²) in [5, 5.41) is 24.2. The highest BCUT2D eigenvalue weighted by atomic mass is 19.3. The van der Waals surface area contributed by atoms with E-state index in [0.29, 0.717) is 32.8 Å². The molecule has 3 heterocycles. The SMILES string of the molecule is Cn1nc(NCC(F)F)c2cccc(-c3ccc(C#CC(C)(C)O)nc3C(Cc3cc(F)cc(F)c3)NC(=O)Cn3nc(C(F)F)c4c3C(F)(F)C3CCC43)c21. The van der Waals surface area contributed by atoms with Gasteiger partial charge in [-0.15, -0.1) is 0 Å². The van der Waals surface area contributed by atoms with E-state index in [9.17, 15) is 36.2 Å². The molecule has 9 nitrogen and oxygen atoms in total. The second kappa shape index (κ2) is 14.5. The van der Waals surface area contributed by atoms with Gasteiger partial charge in [0.2, 0.25) is 5.91 Å². The van der Waals surface area contributed by atoms with Gasteiger partial charge in [0.15, 0.2) is 5.82 Å². The van der Waals surface area contributed by atoms with Gasteiger partial charge in [0, 0.05) is 41.1 Å². The average molecular weight is 786 g/mol. The van der Waals surface area contributed by atoms with E-state index >= 15 is 8.78 Å². The van der Waals surface area contributed by atoms with Crippen LogP contribution in [0.1, 0.15) is 79.0 Å². The van der Waals surface area contributed by atoms with Crippen molar-refractivity contribution in [3.05, 3.63) is 94.1 Å². The number of pyridine rings is 1. The predicted molar refractivity (Wildman–Crippen MR) is 189 cm³/mol. The number of aromatic nitrogens is 5. The van der Waals surface area contributed by atoms with E-state index in [0.717, 1.165) is 12.1 Å². The van der Waals surface area contributed by atoms with E-state index in [1.165, 1.54) is 24.6 Å². The Kier molecular flexibility index (Phi) is 10.1. The fraction of sp³-hybridized carbons (Fsp3) is 0.385. The molecule has 0 saturated heterocycles. The number of fused-ring (bicyclic) bond motifs is 4. The molecule has 2 aliphatic rings. The Morgan fingerprint density at radius 2 is 1.75 bits per heavy atom. The van der Waals surface area contributed by atoms with Crippen LogP contribution in [0.5, 0.6) is 0 Å². The molecule has 294 valence electrons. The number of rotatable bonds is 11. The molecule has 3 atom stereocenters. The summed E-state index contributed by atoms with van der Waals surface area (Å²) < 4.78 is 117. The molecule has 3 unspecified atom stereocenters. The molecule has 5 aromatic rings. The van der Waals surface area contributed by atoms with Crippen LogP contribution in [0.3, 0.4) is 0 Å². The fourth-order valence-electron chi connectivity index (χ4n) is 7.61. The van der Waals surface area contributed by atoms with Crippen molar-refractivity contribution in [1.82, 2.24) is 29.9 Å². The highest BCUT2D eigenvalue weighted by Gasteiger charge is 2.62. The number of hydrogen-bond acceptors (Lipinski definition) is 6. The van der Waals surface area contributed by atoms with E-state index in [-0.39, 0.29) is 47.6 Å². The Morgan fingerprint density at radius 3 is 2.39 bits per heavy atom. The van der Waals surface area contributed by atoms with Gasteiger partial charge in [0.25, 0.3) is 18.8 Å². The predicted octanol–water partition coefficient (Wildman–Crippen LogP) is 7.55. The van der Waals surface area contributed by atoms with Crippen LogP contribution in [0.25, 0.3) is 22.0 Å². The molecular formula is C39H35F8N7O2. The second-order valence-electron chi connectivity index (χ2n) is 14.5. The summed E-state index contributed by atoms with van der Waals surface area (Å²) in [6, 6.07) is 9.55. The van der Waals surface area contributed by atoms with Crippen molar-refractivity contribution >= 4 is 22.6 Å². The smallest absolute Gasteiger partial charge is 0.293 e. The number of nitrogens with one attached hydrogen (secondary N) is 2. The highest BCUT2D eigenvalue weighted by Crippen LogP contribution is 2.63. The molecule has 17 heteroatoms. The zero-order valence-electron chi connectivity index (χ0n) is 30.2. The van der Waals surface area contributed by atoms with Crippen LogP contribution in [-0.4, -0.2) is 54.1 Å². The van der Waals surface area contributed by atoms with E-state index in [1.807, 2.05) is 0 Å². The number of alkyl halides is 6. The van der Waals surface area contributed by atoms with Gasteiger partial charge in [-0.3, -0.25) is 14.2 Å². The standard InChI is InChI=1S/C39H35F8N7O2/c1-38(2,56)12-11-22-7-8-23(24-5-4-6-26-34(24)53(3)52-37(26)48-17-29(42)43)32(49-22)28(15-19-13-20(40)16-21(41)14-19)50-30(55)18-54-35-31(33(51-54)36(44)45)25-9-10-27(25)39(35,46)47/h4-8,13-14,16,25,27-29,36,56H,9-10,15,17-18H2,1-3H3,(H,48,52)(H,50,55). The lowest BCUT2D eigenvalue weighted by atomic mass is 9.73. The minimum atomic E-state index is -3.51. The largest absolute Gasteiger partial charge is 0.378 e. The number of hydrogen-bond donors (Lipinski definition) is 3. The number of anilines is 1. The van der Waals surface area contributed by atoms with Crippen molar-refractivity contribution in [2.45, 2.75) is 76.0 Å². The summed E-state index contributed by atoms with van der Waals surface area (Å²) >= 11 is 0. The molecule has 1 fully saturated rings. The van der Waals surface area contributed by atoms with Gasteiger partial charge >= 0.3 is 0 Å². The van der Waals surface area contributed by atoms with Crippen LogP contribution in [0.15, 0.2) is 48.5 Å². The monoisotopic (exact) mass is 785 g/mol. The molecule has 1 saturated carbocycles. The molecule has 2 aromatic carbocycles. The number of benzene rings is 2. The molecule has 1 amide bonds. The number of amides is 1. The average Bonchev–Trinajstić information content (AvgIpc) is 3.66. The number of aliphatic hydroxyl groups is 1. The number of halogens is 8. The summed E-state index contributed by atoms with van der Waals surface area (Å²) in [6.07, 6.45) is -5.75. The molecule has 56 heavy (non-hydrogen) atoms. The first kappa shape index (κ1) is 38.8. The van der Waals surface area contributed by atoms with Crippen LogP contribution >= 0.6 is 0 Å². The normalized spacial score (nSPS) is 17.7. The maximum absolute atomic E-state index is 15.6. The maximum Gasteiger partial charge on any atom is 0.293 e. The van der Waals surface area contributed by atoms with Gasteiger partial charge in [-0.05, 0) is 80.8 Å². The maximum atomic E-state index is 15.6. The third kappa shape index (κ3) is 7.41. The van der Waals surface area contributed by atoms with Gasteiger partial charge < -0.3 is 15.7 Å². The molecule has 0 radical (unpaired) electrons. The van der Waals surface area contributed by atoms with Gasteiger partial charge in [0.1, 0.15) is 40.9 Å². The Bertz CT molecular complexity index is 2370. The molecular weight excluding hydrogens is 750 g/mol. The lowest BCUT2D eigenvalue weighted by Gasteiger charge is -2.34. The van der Waals surface area contributed by atoms with Crippen molar-refractivity contribution in [2.24, 2.45) is 13.0 Å². The minimum absolute atomic E-state index is 0.0637. The van der Waals surface area contributed by atoms with Gasteiger partial charge in [-0.25, -0.2) is 31.3 Å². The van der Waals surface area contributed by atoms with E-state index < -0.39 is 84.3 Å². The van der Waals surface area contributed by atoms with Crippen molar-refractivity contribution in [2.75, 3.05) is 11.9 Å². The number of carbonyl (C=O) groups excluding carboxylic acids is 1. The van der Waals surface area contributed by atoms with E-state index in [4.69, 9.17) is 4.98 Å². The summed E-state index contributed by atoms with van der Waals surface area (Å²) in [6.45, 7) is 1.31. The van der Waals surface area contributed by atoms with Crippen molar-refractivity contribution in [3.8, 4) is 23.0 Å². The number of aryl methyl sites for hydroxylation is 1. The Balaban J connectivity index is 1.36. The van der Waals surface area contributed by atoms with Crippen LogP contribution in [-0.2, 0) is 30.7 Å². The van der Waals surface area contributed by atoms with Crippen molar-refractivity contribution in [3.63, 3.8) is 0 Å². The molecule has 7 rings (SSSR count). The van der Waals surface area contributed by atoms with Crippen LogP contribution in [0.2, 0.25) is 0 Å². The summed E-state index contributed by atoms with van der Waals surface area (Å²) in [4.78, 5) is 18.7. The van der Waals surface area contributed by atoms with Crippen molar-refractivity contribution in [1.29, 1.82) is 0 Å². The van der Waals surface area contributed by atoms with Crippen molar-refractivity contribution < 1.29 is 45.0 Å². The first-order chi connectivity index (χ1) is 26.4. The highest BCUT2D eigenvalue weighted by molar-refractivity contribution is 6.00. The van der Waals surface area contributed by atoms with Crippen LogP contribution in [0.4, 0.5) is 40.9 Å². The lowest BCUT2D eigenvalue weighted by Crippen LogP contribution is -2.36. The lowest BCUT2D eigenvalue weighted by molar-refractivity contribution is -0.123. The van der Waals surface area contributed by atoms with Gasteiger partial charge in [-0.1, -0.05) is 18.1 Å². The Labute approximate surface area is 315 Å². The quantitative estimate of drug-likeness (QED) is 0.0944. The zero-order chi connectivity index (χ0) is 40.3. The first-order valence-electron chi connectivity index (χ1n) is 17.7.